The zero-order chi connectivity index (χ0) is 14.9. The number of fused-ring (bicyclic) bond motifs is 1. The van der Waals surface area contributed by atoms with E-state index >= 15 is 0 Å². The molecule has 1 N–H and O–H groups in total. The van der Waals surface area contributed by atoms with Crippen LogP contribution in [0.5, 0.6) is 5.75 Å². The zero-order valence-electron chi connectivity index (χ0n) is 11.4. The molecule has 0 aromatic heterocycles. The van der Waals surface area contributed by atoms with Gasteiger partial charge >= 0.3 is 0 Å². The van der Waals surface area contributed by atoms with E-state index < -0.39 is 10.0 Å². The molecule has 0 fully saturated rings. The third-order valence-corrected chi connectivity index (χ3v) is 4.41. The molecule has 6 heteroatoms. The second kappa shape index (κ2) is 5.31. The van der Waals surface area contributed by atoms with Crippen molar-refractivity contribution in [1.29, 1.82) is 0 Å². The summed E-state index contributed by atoms with van der Waals surface area (Å²) in [6.07, 6.45) is 0. The number of nitrogens with zero attached hydrogens (tertiary/aromatic N) is 1. The van der Waals surface area contributed by atoms with Gasteiger partial charge in [0, 0.05) is 6.54 Å². The molecule has 2 aromatic carbocycles. The van der Waals surface area contributed by atoms with Crippen LogP contribution in [0.4, 0.5) is 0 Å². The molecule has 0 unspecified atom stereocenters. The van der Waals surface area contributed by atoms with Gasteiger partial charge in [0.2, 0.25) is 5.90 Å². The topological polar surface area (TPSA) is 67.8 Å². The predicted octanol–water partition coefficient (Wildman–Crippen LogP) is 1.93. The maximum atomic E-state index is 11.9. The first-order valence-electron chi connectivity index (χ1n) is 6.46. The Kier molecular flexibility index (Phi) is 3.48. The molecule has 1 heterocycles. The van der Waals surface area contributed by atoms with Crippen LogP contribution in [-0.4, -0.2) is 21.4 Å². The lowest BCUT2D eigenvalue weighted by Gasteiger charge is -2.07. The van der Waals surface area contributed by atoms with E-state index in [0.29, 0.717) is 17.9 Å². The Bertz CT molecular complexity index is 813. The van der Waals surface area contributed by atoms with Crippen molar-refractivity contribution in [1.82, 2.24) is 5.32 Å². The highest BCUT2D eigenvalue weighted by molar-refractivity contribution is 7.90. The summed E-state index contributed by atoms with van der Waals surface area (Å²) in [5, 5.41) is 3.05. The summed E-state index contributed by atoms with van der Waals surface area (Å²) >= 11 is 0. The molecule has 0 amide bonds. The summed E-state index contributed by atoms with van der Waals surface area (Å²) in [6, 6.07) is 14.1. The molecule has 0 bridgehead atoms. The summed E-state index contributed by atoms with van der Waals surface area (Å²) in [5.41, 5.74) is 1.54. The first-order valence-corrected chi connectivity index (χ1v) is 7.90. The highest BCUT2D eigenvalue weighted by Crippen LogP contribution is 2.27. The van der Waals surface area contributed by atoms with Crippen LogP contribution in [0.2, 0.25) is 0 Å². The van der Waals surface area contributed by atoms with Crippen molar-refractivity contribution in [3.63, 3.8) is 0 Å². The van der Waals surface area contributed by atoms with Crippen molar-refractivity contribution in [3.05, 3.63) is 59.7 Å². The lowest BCUT2D eigenvalue weighted by molar-refractivity contribution is 0.552. The van der Waals surface area contributed by atoms with E-state index in [2.05, 4.69) is 9.71 Å². The lowest BCUT2D eigenvalue weighted by atomic mass is 10.2. The number of ether oxygens (including phenoxy) is 1. The second-order valence-electron chi connectivity index (χ2n) is 4.65. The fourth-order valence-electron chi connectivity index (χ4n) is 2.18. The number of benzene rings is 2. The minimum Gasteiger partial charge on any atom is -0.438 e. The minimum atomic E-state index is -3.64. The van der Waals surface area contributed by atoms with Crippen molar-refractivity contribution in [2.45, 2.75) is 11.4 Å². The molecule has 0 spiro atoms. The van der Waals surface area contributed by atoms with Crippen LogP contribution < -0.4 is 10.1 Å². The Balaban J connectivity index is 1.95. The minimum absolute atomic E-state index is 0.118. The van der Waals surface area contributed by atoms with Crippen molar-refractivity contribution < 1.29 is 13.2 Å². The maximum absolute atomic E-state index is 11.9. The first-order chi connectivity index (χ1) is 10.1. The summed E-state index contributed by atoms with van der Waals surface area (Å²) in [6.45, 7) is 0.707. The number of rotatable bonds is 3. The Morgan fingerprint density at radius 3 is 2.76 bits per heavy atom. The lowest BCUT2D eigenvalue weighted by Crippen LogP contribution is -2.09. The molecule has 0 saturated heterocycles. The van der Waals surface area contributed by atoms with E-state index in [1.807, 2.05) is 25.2 Å². The molecule has 3 rings (SSSR count). The first kappa shape index (κ1) is 13.8. The number of hydrogen-bond acceptors (Lipinski definition) is 4. The van der Waals surface area contributed by atoms with Crippen LogP contribution in [0, 0.1) is 0 Å². The molecule has 1 aliphatic rings. The predicted molar refractivity (Wildman–Crippen MR) is 80.0 cm³/mol. The maximum Gasteiger partial charge on any atom is 0.286 e. The molecule has 0 atom stereocenters. The van der Waals surface area contributed by atoms with Gasteiger partial charge in [0.05, 0.1) is 5.56 Å². The highest BCUT2D eigenvalue weighted by Gasteiger charge is 2.29. The third-order valence-electron chi connectivity index (χ3n) is 3.09. The van der Waals surface area contributed by atoms with Crippen molar-refractivity contribution in [2.24, 2.45) is 4.40 Å². The molecule has 5 nitrogen and oxygen atoms in total. The normalized spacial score (nSPS) is 15.4. The molecule has 2 aromatic rings. The van der Waals surface area contributed by atoms with Crippen LogP contribution in [0.3, 0.4) is 0 Å². The van der Waals surface area contributed by atoms with Gasteiger partial charge < -0.3 is 10.1 Å². The second-order valence-corrected chi connectivity index (χ2v) is 6.22. The molecule has 0 saturated carbocycles. The molecule has 21 heavy (non-hydrogen) atoms. The van der Waals surface area contributed by atoms with Gasteiger partial charge in [-0.3, -0.25) is 0 Å². The Labute approximate surface area is 123 Å². The fourth-order valence-corrected chi connectivity index (χ4v) is 3.32. The molecule has 0 aliphatic carbocycles. The van der Waals surface area contributed by atoms with Crippen LogP contribution in [-0.2, 0) is 16.6 Å². The molecular weight excluding hydrogens is 288 g/mol. The average Bonchev–Trinajstić information content (AvgIpc) is 2.72. The Morgan fingerprint density at radius 2 is 1.95 bits per heavy atom. The summed E-state index contributed by atoms with van der Waals surface area (Å²) in [7, 11) is -1.79. The van der Waals surface area contributed by atoms with E-state index in [0.717, 1.165) is 5.56 Å². The molecule has 1 aliphatic heterocycles. The fraction of sp³-hybridized carbons (Fsp3) is 0.133. The van der Waals surface area contributed by atoms with Gasteiger partial charge in [-0.15, -0.1) is 4.40 Å². The number of nitrogens with one attached hydrogen (secondary N) is 1. The average molecular weight is 302 g/mol. The molecule has 108 valence electrons. The highest BCUT2D eigenvalue weighted by atomic mass is 32.2. The molecular formula is C15H14N2O3S. The van der Waals surface area contributed by atoms with Gasteiger partial charge in [0.15, 0.2) is 0 Å². The van der Waals surface area contributed by atoms with Gasteiger partial charge in [-0.05, 0) is 36.9 Å². The van der Waals surface area contributed by atoms with Gasteiger partial charge in [0.25, 0.3) is 10.0 Å². The molecule has 0 radical (unpaired) electrons. The summed E-state index contributed by atoms with van der Waals surface area (Å²) in [4.78, 5) is 0.186. The van der Waals surface area contributed by atoms with Crippen LogP contribution in [0.15, 0.2) is 57.8 Å². The van der Waals surface area contributed by atoms with Crippen molar-refractivity contribution >= 4 is 15.9 Å². The zero-order valence-corrected chi connectivity index (χ0v) is 12.2. The van der Waals surface area contributed by atoms with Crippen molar-refractivity contribution in [3.8, 4) is 5.75 Å². The monoisotopic (exact) mass is 302 g/mol. The van der Waals surface area contributed by atoms with E-state index in [4.69, 9.17) is 4.74 Å². The summed E-state index contributed by atoms with van der Waals surface area (Å²) < 4.78 is 33.3. The van der Waals surface area contributed by atoms with Crippen molar-refractivity contribution in [2.75, 3.05) is 7.05 Å². The van der Waals surface area contributed by atoms with Gasteiger partial charge in [-0.1, -0.05) is 24.3 Å². The van der Waals surface area contributed by atoms with E-state index in [1.165, 1.54) is 6.07 Å². The number of hydrogen-bond donors (Lipinski definition) is 1. The third kappa shape index (κ3) is 2.68. The quantitative estimate of drug-likeness (QED) is 0.941. The standard InChI is InChI=1S/C15H14N2O3S/c1-16-10-11-5-4-6-12(9-11)20-15-13-7-2-3-8-14(13)21(18,19)17-15/h2-9,16H,10H2,1H3. The van der Waals surface area contributed by atoms with E-state index in [-0.39, 0.29) is 10.8 Å². The van der Waals surface area contributed by atoms with Crippen LogP contribution >= 0.6 is 0 Å². The van der Waals surface area contributed by atoms with E-state index in [1.54, 1.807) is 24.3 Å². The van der Waals surface area contributed by atoms with Crippen LogP contribution in [0.1, 0.15) is 11.1 Å². The van der Waals surface area contributed by atoms with Crippen LogP contribution in [0.25, 0.3) is 0 Å². The summed E-state index contributed by atoms with van der Waals surface area (Å²) in [5.74, 6) is 0.681. The Morgan fingerprint density at radius 1 is 1.14 bits per heavy atom. The van der Waals surface area contributed by atoms with E-state index in [9.17, 15) is 8.42 Å². The van der Waals surface area contributed by atoms with Gasteiger partial charge in [0.1, 0.15) is 10.6 Å². The van der Waals surface area contributed by atoms with Gasteiger partial charge in [-0.25, -0.2) is 0 Å². The van der Waals surface area contributed by atoms with Gasteiger partial charge in [-0.2, -0.15) is 8.42 Å². The largest absolute Gasteiger partial charge is 0.438 e. The Hall–Kier alpha value is -2.18. The SMILES string of the molecule is CNCc1cccc(OC2=NS(=O)(=O)c3ccccc32)c1. The number of sulfonamides is 1. The smallest absolute Gasteiger partial charge is 0.286 e.